The number of aryl methyl sites for hydroxylation is 1. The molecule has 5 nitrogen and oxygen atoms in total. The van der Waals surface area contributed by atoms with Gasteiger partial charge in [0.1, 0.15) is 5.82 Å². The van der Waals surface area contributed by atoms with Crippen LogP contribution in [0, 0.1) is 12.7 Å². The summed E-state index contributed by atoms with van der Waals surface area (Å²) in [4.78, 5) is 24.2. The number of para-hydroxylation sites is 1. The average Bonchev–Trinajstić information content (AvgIpc) is 2.53. The highest BCUT2D eigenvalue weighted by molar-refractivity contribution is 6.31. The number of amides is 1. The molecule has 0 saturated carbocycles. The van der Waals surface area contributed by atoms with Gasteiger partial charge in [0, 0.05) is 11.4 Å². The highest BCUT2D eigenvalue weighted by Gasteiger charge is 2.21. The summed E-state index contributed by atoms with van der Waals surface area (Å²) >= 11 is 5.65. The standard InChI is InChI=1S/C17H16ClFN2O3/c1-9-4-3-5-12(15(9)20)17(23)24-10(2)16(22)21-11-6-7-14(19)13(18)8-11/h3-8,10H,20H2,1-2H3,(H,21,22)/t10-/m1/s1. The molecule has 2 aromatic carbocycles. The predicted molar refractivity (Wildman–Crippen MR) is 90.5 cm³/mol. The maximum Gasteiger partial charge on any atom is 0.341 e. The molecule has 0 aliphatic rings. The summed E-state index contributed by atoms with van der Waals surface area (Å²) in [6, 6.07) is 8.71. The Balaban J connectivity index is 2.04. The van der Waals surface area contributed by atoms with Crippen molar-refractivity contribution in [2.75, 3.05) is 11.1 Å². The number of carbonyl (C=O) groups excluding carboxylic acids is 2. The highest BCUT2D eigenvalue weighted by atomic mass is 35.5. The van der Waals surface area contributed by atoms with Crippen LogP contribution in [-0.2, 0) is 9.53 Å². The Morgan fingerprint density at radius 1 is 1.29 bits per heavy atom. The van der Waals surface area contributed by atoms with Crippen molar-refractivity contribution in [3.05, 3.63) is 58.4 Å². The van der Waals surface area contributed by atoms with Crippen molar-refractivity contribution in [1.29, 1.82) is 0 Å². The largest absolute Gasteiger partial charge is 0.449 e. The van der Waals surface area contributed by atoms with E-state index in [0.29, 0.717) is 11.4 Å². The van der Waals surface area contributed by atoms with Gasteiger partial charge in [0.2, 0.25) is 0 Å². The van der Waals surface area contributed by atoms with Crippen LogP contribution in [0.15, 0.2) is 36.4 Å². The molecule has 1 amide bonds. The van der Waals surface area contributed by atoms with Gasteiger partial charge in [-0.05, 0) is 43.7 Å². The number of carbonyl (C=O) groups is 2. The lowest BCUT2D eigenvalue weighted by atomic mass is 10.1. The molecule has 2 rings (SSSR count). The van der Waals surface area contributed by atoms with Crippen LogP contribution in [0.1, 0.15) is 22.8 Å². The number of esters is 1. The van der Waals surface area contributed by atoms with Crippen molar-refractivity contribution in [3.63, 3.8) is 0 Å². The first kappa shape index (κ1) is 17.7. The van der Waals surface area contributed by atoms with E-state index in [0.717, 1.165) is 11.6 Å². The minimum Gasteiger partial charge on any atom is -0.449 e. The van der Waals surface area contributed by atoms with Crippen LogP contribution in [0.25, 0.3) is 0 Å². The maximum absolute atomic E-state index is 13.1. The Bertz CT molecular complexity index is 795. The van der Waals surface area contributed by atoms with Crippen molar-refractivity contribution in [2.24, 2.45) is 0 Å². The fraction of sp³-hybridized carbons (Fsp3) is 0.176. The van der Waals surface area contributed by atoms with Gasteiger partial charge in [0.25, 0.3) is 5.91 Å². The summed E-state index contributed by atoms with van der Waals surface area (Å²) in [6.07, 6.45) is -1.07. The zero-order valence-corrected chi connectivity index (χ0v) is 13.9. The Morgan fingerprint density at radius 3 is 2.67 bits per heavy atom. The molecule has 0 aliphatic carbocycles. The topological polar surface area (TPSA) is 81.4 Å². The molecule has 0 radical (unpaired) electrons. The monoisotopic (exact) mass is 350 g/mol. The molecule has 3 N–H and O–H groups in total. The average molecular weight is 351 g/mol. The molecule has 0 aromatic heterocycles. The van der Waals surface area contributed by atoms with E-state index >= 15 is 0 Å². The number of benzene rings is 2. The molecule has 126 valence electrons. The first-order valence-corrected chi connectivity index (χ1v) is 7.49. The zero-order chi connectivity index (χ0) is 17.9. The van der Waals surface area contributed by atoms with E-state index in [9.17, 15) is 14.0 Å². The summed E-state index contributed by atoms with van der Waals surface area (Å²) in [5.41, 5.74) is 7.37. The predicted octanol–water partition coefficient (Wildman–Crippen LogP) is 3.55. The van der Waals surface area contributed by atoms with Crippen LogP contribution in [0.4, 0.5) is 15.8 Å². The fourth-order valence-corrected chi connectivity index (χ4v) is 2.13. The van der Waals surface area contributed by atoms with Gasteiger partial charge in [-0.2, -0.15) is 0 Å². The molecule has 0 unspecified atom stereocenters. The van der Waals surface area contributed by atoms with Gasteiger partial charge in [0.05, 0.1) is 10.6 Å². The second-order valence-electron chi connectivity index (χ2n) is 5.20. The molecule has 24 heavy (non-hydrogen) atoms. The zero-order valence-electron chi connectivity index (χ0n) is 13.1. The number of rotatable bonds is 4. The molecular weight excluding hydrogens is 335 g/mol. The lowest BCUT2D eigenvalue weighted by Gasteiger charge is -2.15. The number of hydrogen-bond acceptors (Lipinski definition) is 4. The molecule has 1 atom stereocenters. The van der Waals surface area contributed by atoms with Gasteiger partial charge < -0.3 is 15.8 Å². The third-order valence-electron chi connectivity index (χ3n) is 3.38. The number of nitrogens with two attached hydrogens (primary N) is 1. The van der Waals surface area contributed by atoms with Crippen LogP contribution < -0.4 is 11.1 Å². The van der Waals surface area contributed by atoms with Crippen molar-refractivity contribution >= 4 is 34.9 Å². The Labute approximate surface area is 143 Å². The van der Waals surface area contributed by atoms with Gasteiger partial charge in [0.15, 0.2) is 6.10 Å². The van der Waals surface area contributed by atoms with Gasteiger partial charge in [-0.3, -0.25) is 4.79 Å². The number of nitrogens with one attached hydrogen (secondary N) is 1. The molecule has 2 aromatic rings. The molecule has 0 aliphatic heterocycles. The lowest BCUT2D eigenvalue weighted by molar-refractivity contribution is -0.123. The first-order valence-electron chi connectivity index (χ1n) is 7.11. The van der Waals surface area contributed by atoms with E-state index in [-0.39, 0.29) is 10.6 Å². The van der Waals surface area contributed by atoms with Gasteiger partial charge in [-0.25, -0.2) is 9.18 Å². The Morgan fingerprint density at radius 2 is 2.00 bits per heavy atom. The Kier molecular flexibility index (Phi) is 5.41. The fourth-order valence-electron chi connectivity index (χ4n) is 1.95. The van der Waals surface area contributed by atoms with Crippen LogP contribution in [-0.4, -0.2) is 18.0 Å². The third-order valence-corrected chi connectivity index (χ3v) is 3.67. The number of anilines is 2. The summed E-state index contributed by atoms with van der Waals surface area (Å²) < 4.78 is 18.2. The highest BCUT2D eigenvalue weighted by Crippen LogP contribution is 2.20. The van der Waals surface area contributed by atoms with E-state index < -0.39 is 23.8 Å². The van der Waals surface area contributed by atoms with Crippen LogP contribution >= 0.6 is 11.6 Å². The molecular formula is C17H16ClFN2O3. The van der Waals surface area contributed by atoms with Gasteiger partial charge in [-0.15, -0.1) is 0 Å². The maximum atomic E-state index is 13.1. The lowest BCUT2D eigenvalue weighted by Crippen LogP contribution is -2.30. The SMILES string of the molecule is Cc1cccc(C(=O)O[C@H](C)C(=O)Nc2ccc(F)c(Cl)c2)c1N. The normalized spacial score (nSPS) is 11.7. The molecule has 0 saturated heterocycles. The second kappa shape index (κ2) is 7.31. The van der Waals surface area contributed by atoms with Crippen LogP contribution in [0.5, 0.6) is 0 Å². The molecule has 0 heterocycles. The van der Waals surface area contributed by atoms with Crippen molar-refractivity contribution in [3.8, 4) is 0 Å². The van der Waals surface area contributed by atoms with E-state index in [1.807, 2.05) is 0 Å². The number of halogens is 2. The van der Waals surface area contributed by atoms with Crippen molar-refractivity contribution < 1.29 is 18.7 Å². The van der Waals surface area contributed by atoms with E-state index in [2.05, 4.69) is 5.32 Å². The molecule has 0 spiro atoms. The summed E-state index contributed by atoms with van der Waals surface area (Å²) in [7, 11) is 0. The van der Waals surface area contributed by atoms with E-state index in [4.69, 9.17) is 22.1 Å². The Hall–Kier alpha value is -2.60. The summed E-state index contributed by atoms with van der Waals surface area (Å²) in [5, 5.41) is 2.37. The minimum atomic E-state index is -1.07. The number of nitrogen functional groups attached to an aromatic ring is 1. The van der Waals surface area contributed by atoms with E-state index in [1.165, 1.54) is 25.1 Å². The van der Waals surface area contributed by atoms with Gasteiger partial charge in [-0.1, -0.05) is 23.7 Å². The molecule has 0 fully saturated rings. The van der Waals surface area contributed by atoms with Crippen molar-refractivity contribution in [2.45, 2.75) is 20.0 Å². The first-order chi connectivity index (χ1) is 11.3. The van der Waals surface area contributed by atoms with Gasteiger partial charge >= 0.3 is 5.97 Å². The second-order valence-corrected chi connectivity index (χ2v) is 5.61. The smallest absolute Gasteiger partial charge is 0.341 e. The summed E-state index contributed by atoms with van der Waals surface area (Å²) in [5.74, 6) is -1.86. The molecule has 0 bridgehead atoms. The minimum absolute atomic E-state index is 0.120. The van der Waals surface area contributed by atoms with Crippen molar-refractivity contribution in [1.82, 2.24) is 0 Å². The quantitative estimate of drug-likeness (QED) is 0.652. The van der Waals surface area contributed by atoms with Crippen LogP contribution in [0.3, 0.4) is 0 Å². The number of ether oxygens (including phenoxy) is 1. The summed E-state index contributed by atoms with van der Waals surface area (Å²) in [6.45, 7) is 3.19. The molecule has 7 heteroatoms. The third kappa shape index (κ3) is 4.02. The van der Waals surface area contributed by atoms with E-state index in [1.54, 1.807) is 19.1 Å². The van der Waals surface area contributed by atoms with Crippen LogP contribution in [0.2, 0.25) is 5.02 Å². The number of hydrogen-bond donors (Lipinski definition) is 2.